The average molecular weight is 268 g/mol. The standard InChI is InChI=1S/C8H10N2O.C7H6N2/c1-6-4-10-3-2-7(6)8(9)5-11;1-6-5-9-3-2-7(6)4-8/h2-4,9,11H,5H2,1H3;2-3,5H,1H3. The van der Waals surface area contributed by atoms with Crippen LogP contribution in [0.25, 0.3) is 0 Å². The van der Waals surface area contributed by atoms with Gasteiger partial charge >= 0.3 is 0 Å². The molecule has 2 aromatic rings. The van der Waals surface area contributed by atoms with Crippen LogP contribution in [0.1, 0.15) is 22.3 Å². The summed E-state index contributed by atoms with van der Waals surface area (Å²) in [7, 11) is 0. The Kier molecular flexibility index (Phi) is 6.01. The second-order valence-electron chi connectivity index (χ2n) is 4.13. The van der Waals surface area contributed by atoms with Gasteiger partial charge in [-0.15, -0.1) is 0 Å². The van der Waals surface area contributed by atoms with Gasteiger partial charge in [-0.3, -0.25) is 9.97 Å². The number of hydrogen-bond acceptors (Lipinski definition) is 5. The summed E-state index contributed by atoms with van der Waals surface area (Å²) >= 11 is 0. The Bertz CT molecular complexity index is 632. The highest BCUT2D eigenvalue weighted by molar-refractivity contribution is 6.00. The Morgan fingerprint density at radius 1 is 1.20 bits per heavy atom. The van der Waals surface area contributed by atoms with E-state index in [9.17, 15) is 0 Å². The molecule has 5 nitrogen and oxygen atoms in total. The van der Waals surface area contributed by atoms with Crippen LogP contribution in [0.3, 0.4) is 0 Å². The molecule has 0 saturated carbocycles. The highest BCUT2D eigenvalue weighted by Crippen LogP contribution is 2.04. The Balaban J connectivity index is 0.000000204. The smallest absolute Gasteiger partial charge is 0.0995 e. The van der Waals surface area contributed by atoms with E-state index in [0.29, 0.717) is 5.56 Å². The third kappa shape index (κ3) is 4.26. The number of nitriles is 1. The van der Waals surface area contributed by atoms with Crippen LogP contribution in [0.4, 0.5) is 0 Å². The molecule has 0 aliphatic rings. The van der Waals surface area contributed by atoms with Crippen LogP contribution in [0.2, 0.25) is 0 Å². The van der Waals surface area contributed by atoms with Crippen molar-refractivity contribution in [3.05, 3.63) is 59.2 Å². The summed E-state index contributed by atoms with van der Waals surface area (Å²) in [5.41, 5.74) is 3.56. The van der Waals surface area contributed by atoms with E-state index in [1.807, 2.05) is 13.8 Å². The second kappa shape index (κ2) is 7.77. The predicted octanol–water partition coefficient (Wildman–Crippen LogP) is 2.01. The minimum Gasteiger partial charge on any atom is -0.390 e. The fraction of sp³-hybridized carbons (Fsp3) is 0.200. The molecule has 102 valence electrons. The fourth-order valence-corrected chi connectivity index (χ4v) is 1.50. The van der Waals surface area contributed by atoms with Gasteiger partial charge in [0.15, 0.2) is 0 Å². The van der Waals surface area contributed by atoms with Crippen molar-refractivity contribution in [3.8, 4) is 6.07 Å². The van der Waals surface area contributed by atoms with E-state index in [2.05, 4.69) is 16.0 Å². The van der Waals surface area contributed by atoms with Crippen LogP contribution in [-0.2, 0) is 0 Å². The fourth-order valence-electron chi connectivity index (χ4n) is 1.50. The number of aromatic nitrogens is 2. The molecule has 2 heterocycles. The molecule has 2 N–H and O–H groups in total. The average Bonchev–Trinajstić information content (AvgIpc) is 2.48. The number of aliphatic hydroxyl groups is 1. The van der Waals surface area contributed by atoms with Gasteiger partial charge in [0, 0.05) is 30.4 Å². The van der Waals surface area contributed by atoms with Crippen molar-refractivity contribution in [1.82, 2.24) is 9.97 Å². The SMILES string of the molecule is Cc1cnccc1C#N.Cc1cnccc1C(=N)CO. The summed E-state index contributed by atoms with van der Waals surface area (Å²) in [6, 6.07) is 5.49. The number of nitrogens with one attached hydrogen (secondary N) is 1. The summed E-state index contributed by atoms with van der Waals surface area (Å²) in [5.74, 6) is 0. The zero-order valence-electron chi connectivity index (χ0n) is 11.5. The molecule has 0 aliphatic heterocycles. The molecule has 20 heavy (non-hydrogen) atoms. The molecule has 0 spiro atoms. The zero-order valence-corrected chi connectivity index (χ0v) is 11.5. The second-order valence-corrected chi connectivity index (χ2v) is 4.13. The third-order valence-electron chi connectivity index (χ3n) is 2.64. The molecule has 0 aliphatic carbocycles. The number of rotatable bonds is 2. The van der Waals surface area contributed by atoms with Crippen molar-refractivity contribution in [2.45, 2.75) is 13.8 Å². The van der Waals surface area contributed by atoms with Crippen LogP contribution in [0.5, 0.6) is 0 Å². The third-order valence-corrected chi connectivity index (χ3v) is 2.64. The van der Waals surface area contributed by atoms with Gasteiger partial charge in [-0.2, -0.15) is 5.26 Å². The van der Waals surface area contributed by atoms with Crippen molar-refractivity contribution in [2.24, 2.45) is 0 Å². The Morgan fingerprint density at radius 3 is 2.25 bits per heavy atom. The number of aliphatic hydroxyl groups excluding tert-OH is 1. The maximum absolute atomic E-state index is 8.67. The lowest BCUT2D eigenvalue weighted by Gasteiger charge is -2.02. The van der Waals surface area contributed by atoms with Crippen LogP contribution in [-0.4, -0.2) is 27.4 Å². The van der Waals surface area contributed by atoms with Gasteiger partial charge in [0.25, 0.3) is 0 Å². The topological polar surface area (TPSA) is 93.7 Å². The molecule has 2 aromatic heterocycles. The summed E-state index contributed by atoms with van der Waals surface area (Å²) < 4.78 is 0. The van der Waals surface area contributed by atoms with E-state index < -0.39 is 0 Å². The lowest BCUT2D eigenvalue weighted by molar-refractivity contribution is 0.357. The first-order valence-corrected chi connectivity index (χ1v) is 6.00. The molecule has 0 atom stereocenters. The summed E-state index contributed by atoms with van der Waals surface area (Å²) in [5, 5.41) is 24.4. The normalized spacial score (nSPS) is 9.10. The molecule has 0 radical (unpaired) electrons. The molecule has 0 saturated heterocycles. The molecular formula is C15H16N4O. The lowest BCUT2D eigenvalue weighted by atomic mass is 10.1. The molecule has 0 unspecified atom stereocenters. The van der Waals surface area contributed by atoms with Crippen LogP contribution in [0.15, 0.2) is 36.9 Å². The lowest BCUT2D eigenvalue weighted by Crippen LogP contribution is -2.06. The first-order valence-electron chi connectivity index (χ1n) is 6.00. The van der Waals surface area contributed by atoms with Crippen molar-refractivity contribution in [1.29, 1.82) is 10.7 Å². The minimum atomic E-state index is -0.217. The van der Waals surface area contributed by atoms with E-state index in [-0.39, 0.29) is 12.3 Å². The van der Waals surface area contributed by atoms with Crippen molar-refractivity contribution < 1.29 is 5.11 Å². The number of pyridine rings is 2. The van der Waals surface area contributed by atoms with Crippen molar-refractivity contribution >= 4 is 5.71 Å². The van der Waals surface area contributed by atoms with Gasteiger partial charge in [-0.1, -0.05) is 0 Å². The highest BCUT2D eigenvalue weighted by Gasteiger charge is 2.01. The predicted molar refractivity (Wildman–Crippen MR) is 76.6 cm³/mol. The van der Waals surface area contributed by atoms with Gasteiger partial charge in [0.1, 0.15) is 0 Å². The van der Waals surface area contributed by atoms with Gasteiger partial charge in [0.2, 0.25) is 0 Å². The number of aryl methyl sites for hydroxylation is 2. The Morgan fingerprint density at radius 2 is 1.80 bits per heavy atom. The Hall–Kier alpha value is -2.58. The van der Waals surface area contributed by atoms with Gasteiger partial charge in [-0.05, 0) is 37.1 Å². The van der Waals surface area contributed by atoms with Crippen LogP contribution in [0, 0.1) is 30.6 Å². The van der Waals surface area contributed by atoms with Crippen LogP contribution < -0.4 is 0 Å². The molecule has 0 aromatic carbocycles. The van der Waals surface area contributed by atoms with Gasteiger partial charge in [-0.25, -0.2) is 0 Å². The van der Waals surface area contributed by atoms with E-state index >= 15 is 0 Å². The van der Waals surface area contributed by atoms with E-state index in [0.717, 1.165) is 16.7 Å². The Labute approximate surface area is 118 Å². The molecule has 5 heteroatoms. The largest absolute Gasteiger partial charge is 0.390 e. The van der Waals surface area contributed by atoms with E-state index in [1.165, 1.54) is 0 Å². The van der Waals surface area contributed by atoms with Crippen LogP contribution >= 0.6 is 0 Å². The van der Waals surface area contributed by atoms with Crippen molar-refractivity contribution in [3.63, 3.8) is 0 Å². The first-order chi connectivity index (χ1) is 9.60. The quantitative estimate of drug-likeness (QED) is 0.815. The molecule has 0 fully saturated rings. The van der Waals surface area contributed by atoms with Gasteiger partial charge < -0.3 is 10.5 Å². The highest BCUT2D eigenvalue weighted by atomic mass is 16.3. The summed E-state index contributed by atoms with van der Waals surface area (Å²) in [4.78, 5) is 7.73. The molecule has 2 rings (SSSR count). The van der Waals surface area contributed by atoms with Crippen molar-refractivity contribution in [2.75, 3.05) is 6.61 Å². The zero-order chi connectivity index (χ0) is 15.0. The molecule has 0 bridgehead atoms. The number of hydrogen-bond donors (Lipinski definition) is 2. The maximum Gasteiger partial charge on any atom is 0.0995 e. The summed E-state index contributed by atoms with van der Waals surface area (Å²) in [6.07, 6.45) is 6.59. The summed E-state index contributed by atoms with van der Waals surface area (Å²) in [6.45, 7) is 3.52. The van der Waals surface area contributed by atoms with Gasteiger partial charge in [0.05, 0.1) is 24.0 Å². The first kappa shape index (κ1) is 15.5. The molecular weight excluding hydrogens is 252 g/mol. The van der Waals surface area contributed by atoms with E-state index in [1.54, 1.807) is 36.9 Å². The monoisotopic (exact) mass is 268 g/mol. The maximum atomic E-state index is 8.67. The molecule has 0 amide bonds. The van der Waals surface area contributed by atoms with E-state index in [4.69, 9.17) is 15.8 Å². The minimum absolute atomic E-state index is 0.217. The number of nitrogens with zero attached hydrogens (tertiary/aromatic N) is 3.